The first-order valence-corrected chi connectivity index (χ1v) is 4.80. The number of non-ortho nitro benzene ring substituents is 1. The Morgan fingerprint density at radius 2 is 2.13 bits per heavy atom. The van der Waals surface area contributed by atoms with E-state index in [1.807, 2.05) is 0 Å². The summed E-state index contributed by atoms with van der Waals surface area (Å²) in [5.74, 6) is -0.218. The van der Waals surface area contributed by atoms with Crippen LogP contribution >= 0.6 is 11.6 Å². The molecule has 0 saturated carbocycles. The fourth-order valence-corrected chi connectivity index (χ4v) is 1.37. The highest BCUT2D eigenvalue weighted by Crippen LogP contribution is 2.19. The van der Waals surface area contributed by atoms with Crippen LogP contribution in [0.4, 0.5) is 5.69 Å². The van der Waals surface area contributed by atoms with Gasteiger partial charge in [0, 0.05) is 17.7 Å². The minimum Gasteiger partial charge on any atom is -0.293 e. The Kier molecular flexibility index (Phi) is 3.42. The zero-order valence-electron chi connectivity index (χ0n) is 8.36. The van der Waals surface area contributed by atoms with Crippen molar-refractivity contribution in [3.63, 3.8) is 0 Å². The molecule has 1 aromatic rings. The summed E-state index contributed by atoms with van der Waals surface area (Å²) < 4.78 is 0. The molecule has 0 radical (unpaired) electrons. The number of nitro groups is 1. The Bertz CT molecular complexity index is 415. The minimum absolute atomic E-state index is 0.0220. The molecule has 4 nitrogen and oxygen atoms in total. The number of aryl methyl sites for hydroxylation is 1. The first kappa shape index (κ1) is 11.7. The quantitative estimate of drug-likeness (QED) is 0.345. The van der Waals surface area contributed by atoms with Crippen LogP contribution in [0.2, 0.25) is 0 Å². The summed E-state index contributed by atoms with van der Waals surface area (Å²) in [5, 5.41) is 9.84. The van der Waals surface area contributed by atoms with Gasteiger partial charge in [-0.3, -0.25) is 14.9 Å². The van der Waals surface area contributed by atoms with E-state index in [1.54, 1.807) is 13.8 Å². The fourth-order valence-electron chi connectivity index (χ4n) is 1.25. The van der Waals surface area contributed by atoms with Crippen molar-refractivity contribution in [3.8, 4) is 0 Å². The molecule has 1 unspecified atom stereocenters. The first-order chi connectivity index (χ1) is 6.93. The van der Waals surface area contributed by atoms with Gasteiger partial charge in [-0.25, -0.2) is 0 Å². The number of carbonyl (C=O) groups is 1. The average molecular weight is 228 g/mol. The topological polar surface area (TPSA) is 60.2 Å². The van der Waals surface area contributed by atoms with E-state index in [-0.39, 0.29) is 11.5 Å². The zero-order valence-corrected chi connectivity index (χ0v) is 9.12. The van der Waals surface area contributed by atoms with E-state index in [4.69, 9.17) is 11.6 Å². The van der Waals surface area contributed by atoms with E-state index in [9.17, 15) is 14.9 Å². The number of benzene rings is 1. The van der Waals surface area contributed by atoms with Gasteiger partial charge in [0.05, 0.1) is 10.3 Å². The lowest BCUT2D eigenvalue weighted by atomic mass is 10.0. The van der Waals surface area contributed by atoms with Gasteiger partial charge < -0.3 is 0 Å². The van der Waals surface area contributed by atoms with Gasteiger partial charge in [-0.1, -0.05) is 0 Å². The predicted molar refractivity (Wildman–Crippen MR) is 57.5 cm³/mol. The molecule has 0 spiro atoms. The summed E-state index contributed by atoms with van der Waals surface area (Å²) in [6, 6.07) is 4.11. The Morgan fingerprint density at radius 3 is 2.53 bits per heavy atom. The van der Waals surface area contributed by atoms with Crippen LogP contribution in [0, 0.1) is 17.0 Å². The molecule has 15 heavy (non-hydrogen) atoms. The number of nitro benzene ring substituents is 1. The number of hydrogen-bond acceptors (Lipinski definition) is 3. The second kappa shape index (κ2) is 4.40. The highest BCUT2D eigenvalue weighted by molar-refractivity contribution is 6.33. The van der Waals surface area contributed by atoms with Crippen LogP contribution in [0.15, 0.2) is 18.2 Å². The van der Waals surface area contributed by atoms with Crippen molar-refractivity contribution >= 4 is 23.1 Å². The van der Waals surface area contributed by atoms with Crippen molar-refractivity contribution in [1.29, 1.82) is 0 Å². The third-order valence-electron chi connectivity index (χ3n) is 2.05. The molecule has 80 valence electrons. The number of ketones is 1. The third-order valence-corrected chi connectivity index (χ3v) is 2.25. The number of Topliss-reactive ketones (excluding diaryl/α,β-unsaturated/α-hetero) is 1. The second-order valence-corrected chi connectivity index (χ2v) is 3.89. The molecule has 0 N–H and O–H groups in total. The van der Waals surface area contributed by atoms with Gasteiger partial charge in [-0.05, 0) is 25.5 Å². The Hall–Kier alpha value is -1.42. The van der Waals surface area contributed by atoms with Gasteiger partial charge in [0.25, 0.3) is 5.69 Å². The molecular formula is C10H10ClNO3. The van der Waals surface area contributed by atoms with Crippen molar-refractivity contribution in [2.75, 3.05) is 0 Å². The monoisotopic (exact) mass is 227 g/mol. The smallest absolute Gasteiger partial charge is 0.269 e. The lowest BCUT2D eigenvalue weighted by Crippen LogP contribution is -2.12. The molecule has 0 aliphatic rings. The normalized spacial score (nSPS) is 12.2. The number of halogens is 1. The molecule has 0 heterocycles. The van der Waals surface area contributed by atoms with Crippen LogP contribution in [-0.4, -0.2) is 16.1 Å². The van der Waals surface area contributed by atoms with Gasteiger partial charge in [-0.15, -0.1) is 11.6 Å². The van der Waals surface area contributed by atoms with E-state index in [0.29, 0.717) is 11.1 Å². The summed E-state index contributed by atoms with van der Waals surface area (Å²) >= 11 is 5.65. The molecule has 0 aliphatic carbocycles. The van der Waals surface area contributed by atoms with Gasteiger partial charge in [0.1, 0.15) is 0 Å². The molecule has 0 amide bonds. The molecular weight excluding hydrogens is 218 g/mol. The summed E-state index contributed by atoms with van der Waals surface area (Å²) in [6.07, 6.45) is 0. The maximum atomic E-state index is 11.5. The number of nitrogens with zero attached hydrogens (tertiary/aromatic N) is 1. The zero-order chi connectivity index (χ0) is 11.6. The number of rotatable bonds is 3. The Labute approximate surface area is 92.0 Å². The Morgan fingerprint density at radius 1 is 1.53 bits per heavy atom. The van der Waals surface area contributed by atoms with Crippen LogP contribution in [0.25, 0.3) is 0 Å². The molecule has 0 saturated heterocycles. The lowest BCUT2D eigenvalue weighted by Gasteiger charge is -2.05. The van der Waals surface area contributed by atoms with Gasteiger partial charge >= 0.3 is 0 Å². The molecule has 0 fully saturated rings. The van der Waals surface area contributed by atoms with E-state index in [0.717, 1.165) is 0 Å². The molecule has 0 aliphatic heterocycles. The highest BCUT2D eigenvalue weighted by Gasteiger charge is 2.16. The molecule has 1 aromatic carbocycles. The predicted octanol–water partition coefficient (Wildman–Crippen LogP) is 2.71. The van der Waals surface area contributed by atoms with Crippen LogP contribution in [0.3, 0.4) is 0 Å². The van der Waals surface area contributed by atoms with E-state index in [1.165, 1.54) is 18.2 Å². The summed E-state index contributed by atoms with van der Waals surface area (Å²) in [6.45, 7) is 3.23. The maximum Gasteiger partial charge on any atom is 0.269 e. The Balaban J connectivity index is 3.14. The minimum atomic E-state index is -0.620. The van der Waals surface area contributed by atoms with Crippen molar-refractivity contribution in [1.82, 2.24) is 0 Å². The largest absolute Gasteiger partial charge is 0.293 e. The highest BCUT2D eigenvalue weighted by atomic mass is 35.5. The van der Waals surface area contributed by atoms with Crippen molar-refractivity contribution in [2.24, 2.45) is 0 Å². The molecule has 1 rings (SSSR count). The summed E-state index contributed by atoms with van der Waals surface area (Å²) in [4.78, 5) is 21.5. The average Bonchev–Trinajstić information content (AvgIpc) is 2.16. The molecule has 5 heteroatoms. The third kappa shape index (κ3) is 2.53. The molecule has 0 aromatic heterocycles. The second-order valence-electron chi connectivity index (χ2n) is 3.24. The van der Waals surface area contributed by atoms with Crippen LogP contribution < -0.4 is 0 Å². The number of carbonyl (C=O) groups excluding carboxylic acids is 1. The summed E-state index contributed by atoms with van der Waals surface area (Å²) in [5.41, 5.74) is 0.982. The molecule has 1 atom stereocenters. The standard InChI is InChI=1S/C10H10ClNO3/c1-6-5-8(12(14)15)3-4-9(6)10(13)7(2)11/h3-5,7H,1-2H3. The van der Waals surface area contributed by atoms with Crippen LogP contribution in [-0.2, 0) is 0 Å². The van der Waals surface area contributed by atoms with Crippen LogP contribution in [0.5, 0.6) is 0 Å². The van der Waals surface area contributed by atoms with Gasteiger partial charge in [-0.2, -0.15) is 0 Å². The van der Waals surface area contributed by atoms with Gasteiger partial charge in [0.2, 0.25) is 0 Å². The van der Waals surface area contributed by atoms with Crippen molar-refractivity contribution < 1.29 is 9.72 Å². The first-order valence-electron chi connectivity index (χ1n) is 4.37. The maximum absolute atomic E-state index is 11.5. The fraction of sp³-hybridized carbons (Fsp3) is 0.300. The van der Waals surface area contributed by atoms with Crippen molar-refractivity contribution in [3.05, 3.63) is 39.4 Å². The van der Waals surface area contributed by atoms with E-state index < -0.39 is 10.3 Å². The summed E-state index contributed by atoms with van der Waals surface area (Å²) in [7, 11) is 0. The SMILES string of the molecule is Cc1cc([N+](=O)[O-])ccc1C(=O)C(C)Cl. The lowest BCUT2D eigenvalue weighted by molar-refractivity contribution is -0.384. The van der Waals surface area contributed by atoms with Crippen LogP contribution in [0.1, 0.15) is 22.8 Å². The van der Waals surface area contributed by atoms with E-state index >= 15 is 0 Å². The van der Waals surface area contributed by atoms with Crippen molar-refractivity contribution in [2.45, 2.75) is 19.2 Å². The number of alkyl halides is 1. The van der Waals surface area contributed by atoms with Gasteiger partial charge in [0.15, 0.2) is 5.78 Å². The number of hydrogen-bond donors (Lipinski definition) is 0. The van der Waals surface area contributed by atoms with E-state index in [2.05, 4.69) is 0 Å². The molecule has 0 bridgehead atoms.